The molecule has 0 radical (unpaired) electrons. The Hall–Kier alpha value is -0.840. The fraction of sp³-hybridized carbons (Fsp3) is 0.556. The molecule has 1 amide bonds. The first-order valence-electron chi connectivity index (χ1n) is 4.26. The van der Waals surface area contributed by atoms with E-state index in [1.165, 1.54) is 6.20 Å². The van der Waals surface area contributed by atoms with Gasteiger partial charge in [-0.25, -0.2) is 0 Å². The summed E-state index contributed by atoms with van der Waals surface area (Å²) >= 11 is 3.33. The molecule has 14 heavy (non-hydrogen) atoms. The fourth-order valence-electron chi connectivity index (χ4n) is 0.925. The van der Waals surface area contributed by atoms with Crippen molar-refractivity contribution in [3.63, 3.8) is 0 Å². The van der Waals surface area contributed by atoms with Gasteiger partial charge in [0.25, 0.3) is 5.91 Å². The summed E-state index contributed by atoms with van der Waals surface area (Å²) in [7, 11) is 0. The Labute approximate surface area is 91.2 Å². The van der Waals surface area contributed by atoms with E-state index in [0.717, 1.165) is 0 Å². The maximum Gasteiger partial charge on any atom is 0.256 e. The minimum absolute atomic E-state index is 0.159. The second kappa shape index (κ2) is 4.13. The van der Waals surface area contributed by atoms with Crippen LogP contribution in [0.4, 0.5) is 0 Å². The number of carbonyl (C=O) groups excluding carboxylic acids is 1. The summed E-state index contributed by atoms with van der Waals surface area (Å²) < 4.78 is 4.81. The van der Waals surface area contributed by atoms with Gasteiger partial charge in [-0.1, -0.05) is 21.1 Å². The highest BCUT2D eigenvalue weighted by Crippen LogP contribution is 2.10. The van der Waals surface area contributed by atoms with Crippen LogP contribution in [0.25, 0.3) is 0 Å². The van der Waals surface area contributed by atoms with Crippen molar-refractivity contribution < 1.29 is 9.32 Å². The van der Waals surface area contributed by atoms with Crippen LogP contribution in [0.5, 0.6) is 0 Å². The number of hydrogen-bond donors (Lipinski definition) is 1. The molecule has 1 N–H and O–H groups in total. The van der Waals surface area contributed by atoms with E-state index in [-0.39, 0.29) is 11.4 Å². The van der Waals surface area contributed by atoms with E-state index in [2.05, 4.69) is 26.4 Å². The predicted molar refractivity (Wildman–Crippen MR) is 56.6 cm³/mol. The summed E-state index contributed by atoms with van der Waals surface area (Å²) in [5.74, 6) is 0.376. The molecule has 0 aliphatic heterocycles. The molecule has 0 unspecified atom stereocenters. The molecule has 1 heterocycles. The molecule has 5 heteroatoms. The highest BCUT2D eigenvalue weighted by atomic mass is 79.9. The average Bonchev–Trinajstić information content (AvgIpc) is 2.51. The number of aryl methyl sites for hydroxylation is 1. The highest BCUT2D eigenvalue weighted by Gasteiger charge is 2.21. The van der Waals surface area contributed by atoms with E-state index in [1.807, 2.05) is 13.8 Å². The second-order valence-electron chi connectivity index (χ2n) is 3.77. The molecule has 78 valence electrons. The Balaban J connectivity index is 2.73. The first-order chi connectivity index (χ1) is 6.46. The number of halogens is 1. The molecule has 0 aromatic carbocycles. The molecule has 0 fully saturated rings. The van der Waals surface area contributed by atoms with Gasteiger partial charge in [0.05, 0.1) is 6.20 Å². The standard InChI is InChI=1S/C9H13BrN2O2/c1-6-7(4-11-14-6)8(13)12-9(2,3)5-10/h4H,5H2,1-3H3,(H,12,13). The van der Waals surface area contributed by atoms with Gasteiger partial charge in [-0.2, -0.15) is 0 Å². The average molecular weight is 261 g/mol. The van der Waals surface area contributed by atoms with E-state index in [4.69, 9.17) is 4.52 Å². The van der Waals surface area contributed by atoms with E-state index < -0.39 is 0 Å². The van der Waals surface area contributed by atoms with Gasteiger partial charge < -0.3 is 9.84 Å². The molecule has 0 bridgehead atoms. The summed E-state index contributed by atoms with van der Waals surface area (Å²) in [5.41, 5.74) is 0.208. The molecular formula is C9H13BrN2O2. The zero-order valence-electron chi connectivity index (χ0n) is 8.43. The van der Waals surface area contributed by atoms with Gasteiger partial charge >= 0.3 is 0 Å². The SMILES string of the molecule is Cc1oncc1C(=O)NC(C)(C)CBr. The molecule has 0 aliphatic carbocycles. The van der Waals surface area contributed by atoms with Crippen molar-refractivity contribution in [2.75, 3.05) is 5.33 Å². The number of hydrogen-bond acceptors (Lipinski definition) is 3. The molecule has 1 aromatic rings. The Kier molecular flexibility index (Phi) is 3.31. The lowest BCUT2D eigenvalue weighted by Crippen LogP contribution is -2.44. The lowest BCUT2D eigenvalue weighted by Gasteiger charge is -2.23. The molecule has 0 aliphatic rings. The third-order valence-electron chi connectivity index (χ3n) is 1.78. The monoisotopic (exact) mass is 260 g/mol. The Morgan fingerprint density at radius 1 is 1.71 bits per heavy atom. The van der Waals surface area contributed by atoms with Crippen molar-refractivity contribution >= 4 is 21.8 Å². The Bertz CT molecular complexity index is 333. The van der Waals surface area contributed by atoms with Crippen molar-refractivity contribution in [3.8, 4) is 0 Å². The van der Waals surface area contributed by atoms with Crippen molar-refractivity contribution in [1.82, 2.24) is 10.5 Å². The second-order valence-corrected chi connectivity index (χ2v) is 4.33. The first kappa shape index (κ1) is 11.2. The largest absolute Gasteiger partial charge is 0.361 e. The normalized spacial score (nSPS) is 11.4. The summed E-state index contributed by atoms with van der Waals surface area (Å²) in [4.78, 5) is 11.7. The van der Waals surface area contributed by atoms with Crippen molar-refractivity contribution in [3.05, 3.63) is 17.5 Å². The van der Waals surface area contributed by atoms with Crippen LogP contribution in [0.2, 0.25) is 0 Å². The molecule has 1 rings (SSSR count). The van der Waals surface area contributed by atoms with Gasteiger partial charge in [-0.05, 0) is 20.8 Å². The van der Waals surface area contributed by atoms with Gasteiger partial charge in [0, 0.05) is 10.9 Å². The topological polar surface area (TPSA) is 55.1 Å². The van der Waals surface area contributed by atoms with Crippen LogP contribution in [-0.4, -0.2) is 21.9 Å². The fourth-order valence-corrected chi connectivity index (χ4v) is 1.06. The first-order valence-corrected chi connectivity index (χ1v) is 5.38. The van der Waals surface area contributed by atoms with Crippen LogP contribution in [-0.2, 0) is 0 Å². The molecular weight excluding hydrogens is 248 g/mol. The number of nitrogens with zero attached hydrogens (tertiary/aromatic N) is 1. The lowest BCUT2D eigenvalue weighted by atomic mass is 10.1. The third kappa shape index (κ3) is 2.57. The number of rotatable bonds is 3. The van der Waals surface area contributed by atoms with Crippen LogP contribution in [0, 0.1) is 6.92 Å². The summed E-state index contributed by atoms with van der Waals surface area (Å²) in [6.45, 7) is 5.58. The minimum Gasteiger partial charge on any atom is -0.361 e. The number of nitrogens with one attached hydrogen (secondary N) is 1. The molecule has 0 atom stereocenters. The van der Waals surface area contributed by atoms with Crippen molar-refractivity contribution in [1.29, 1.82) is 0 Å². The molecule has 1 aromatic heterocycles. The molecule has 0 spiro atoms. The number of carbonyl (C=O) groups is 1. The number of amides is 1. The van der Waals surface area contributed by atoms with Gasteiger partial charge in [0.15, 0.2) is 0 Å². The number of aromatic nitrogens is 1. The smallest absolute Gasteiger partial charge is 0.256 e. The van der Waals surface area contributed by atoms with Gasteiger partial charge in [0.1, 0.15) is 11.3 Å². The Morgan fingerprint density at radius 2 is 2.36 bits per heavy atom. The van der Waals surface area contributed by atoms with Gasteiger partial charge in [0.2, 0.25) is 0 Å². The zero-order chi connectivity index (χ0) is 10.8. The van der Waals surface area contributed by atoms with Gasteiger partial charge in [-0.3, -0.25) is 4.79 Å². The van der Waals surface area contributed by atoms with E-state index in [0.29, 0.717) is 16.7 Å². The maximum atomic E-state index is 11.7. The van der Waals surface area contributed by atoms with Crippen LogP contribution >= 0.6 is 15.9 Å². The van der Waals surface area contributed by atoms with Crippen LogP contribution in [0.15, 0.2) is 10.7 Å². The van der Waals surface area contributed by atoms with Crippen molar-refractivity contribution in [2.24, 2.45) is 0 Å². The maximum absolute atomic E-state index is 11.7. The quantitative estimate of drug-likeness (QED) is 0.845. The summed E-state index contributed by atoms with van der Waals surface area (Å²) in [6, 6.07) is 0. The summed E-state index contributed by atoms with van der Waals surface area (Å²) in [6.07, 6.45) is 1.43. The molecule has 0 saturated heterocycles. The van der Waals surface area contributed by atoms with Crippen molar-refractivity contribution in [2.45, 2.75) is 26.3 Å². The van der Waals surface area contributed by atoms with Crippen LogP contribution in [0.3, 0.4) is 0 Å². The third-order valence-corrected chi connectivity index (χ3v) is 3.18. The minimum atomic E-state index is -0.277. The molecule has 4 nitrogen and oxygen atoms in total. The Morgan fingerprint density at radius 3 is 2.79 bits per heavy atom. The van der Waals surface area contributed by atoms with E-state index in [1.54, 1.807) is 6.92 Å². The number of alkyl halides is 1. The zero-order valence-corrected chi connectivity index (χ0v) is 10.0. The molecule has 0 saturated carbocycles. The highest BCUT2D eigenvalue weighted by molar-refractivity contribution is 9.09. The predicted octanol–water partition coefficient (Wildman–Crippen LogP) is 1.89. The van der Waals surface area contributed by atoms with Crippen LogP contribution in [0.1, 0.15) is 30.0 Å². The lowest BCUT2D eigenvalue weighted by molar-refractivity contribution is 0.0920. The summed E-state index contributed by atoms with van der Waals surface area (Å²) in [5, 5.41) is 7.10. The van der Waals surface area contributed by atoms with Gasteiger partial charge in [-0.15, -0.1) is 0 Å². The van der Waals surface area contributed by atoms with Crippen LogP contribution < -0.4 is 5.32 Å². The van der Waals surface area contributed by atoms with E-state index >= 15 is 0 Å². The van der Waals surface area contributed by atoms with E-state index in [9.17, 15) is 4.79 Å².